The van der Waals surface area contributed by atoms with E-state index in [4.69, 9.17) is 4.74 Å². The van der Waals surface area contributed by atoms with Gasteiger partial charge in [-0.05, 0) is 25.1 Å². The molecule has 2 heterocycles. The molecule has 1 atom stereocenters. The lowest BCUT2D eigenvalue weighted by atomic mass is 10.1. The van der Waals surface area contributed by atoms with E-state index in [9.17, 15) is 9.59 Å². The normalized spacial score (nSPS) is 13.3. The van der Waals surface area contributed by atoms with Crippen molar-refractivity contribution in [3.63, 3.8) is 0 Å². The monoisotopic (exact) mass is 331 g/mol. The molecule has 0 bridgehead atoms. The molecule has 1 aromatic heterocycles. The predicted octanol–water partition coefficient (Wildman–Crippen LogP) is 2.99. The van der Waals surface area contributed by atoms with Crippen LogP contribution in [0.15, 0.2) is 30.3 Å². The highest BCUT2D eigenvalue weighted by Gasteiger charge is 2.23. The summed E-state index contributed by atoms with van der Waals surface area (Å²) in [6, 6.07) is 9.38. The molecule has 0 radical (unpaired) electrons. The zero-order chi connectivity index (χ0) is 16.4. The van der Waals surface area contributed by atoms with Crippen molar-refractivity contribution in [2.75, 3.05) is 7.11 Å². The average Bonchev–Trinajstić information content (AvgIpc) is 2.99. The first kappa shape index (κ1) is 15.6. The van der Waals surface area contributed by atoms with Crippen LogP contribution in [0.4, 0.5) is 0 Å². The summed E-state index contributed by atoms with van der Waals surface area (Å²) in [7, 11) is 1.33. The van der Waals surface area contributed by atoms with Crippen LogP contribution in [0.3, 0.4) is 0 Å². The molecule has 1 amide bonds. The number of nitrogens with one attached hydrogen (secondary N) is 1. The number of thiophene rings is 1. The summed E-state index contributed by atoms with van der Waals surface area (Å²) >= 11 is 1.44. The second-order valence-electron chi connectivity index (χ2n) is 5.40. The summed E-state index contributed by atoms with van der Waals surface area (Å²) < 4.78 is 10.3. The quantitative estimate of drug-likeness (QED) is 0.875. The largest absolute Gasteiger partial charge is 0.488 e. The number of para-hydroxylation sites is 1. The number of ether oxygens (including phenoxy) is 2. The van der Waals surface area contributed by atoms with Crippen molar-refractivity contribution in [2.24, 2.45) is 0 Å². The van der Waals surface area contributed by atoms with Gasteiger partial charge in [0, 0.05) is 22.0 Å². The van der Waals surface area contributed by atoms with Crippen LogP contribution < -0.4 is 10.1 Å². The van der Waals surface area contributed by atoms with Crippen LogP contribution in [0, 0.1) is 0 Å². The number of hydrogen-bond acceptors (Lipinski definition) is 5. The molecular formula is C17H17NO4S. The molecule has 2 aromatic rings. The van der Waals surface area contributed by atoms with E-state index in [-0.39, 0.29) is 24.3 Å². The maximum atomic E-state index is 12.4. The molecule has 1 unspecified atom stereocenters. The molecule has 0 aliphatic carbocycles. The summed E-state index contributed by atoms with van der Waals surface area (Å²) in [5.41, 5.74) is 2.03. The third-order valence-electron chi connectivity index (χ3n) is 3.63. The van der Waals surface area contributed by atoms with Gasteiger partial charge >= 0.3 is 5.97 Å². The summed E-state index contributed by atoms with van der Waals surface area (Å²) in [4.78, 5) is 25.3. The van der Waals surface area contributed by atoms with Gasteiger partial charge in [-0.25, -0.2) is 0 Å². The van der Waals surface area contributed by atoms with Gasteiger partial charge < -0.3 is 14.8 Å². The van der Waals surface area contributed by atoms with Crippen LogP contribution in [-0.4, -0.2) is 25.0 Å². The third kappa shape index (κ3) is 3.22. The molecule has 3 rings (SSSR count). The summed E-state index contributed by atoms with van der Waals surface area (Å²) in [5, 5.41) is 2.82. The van der Waals surface area contributed by atoms with Crippen molar-refractivity contribution in [3.05, 3.63) is 40.8 Å². The van der Waals surface area contributed by atoms with Crippen molar-refractivity contribution in [3.8, 4) is 16.2 Å². The van der Waals surface area contributed by atoms with E-state index in [1.807, 2.05) is 30.3 Å². The molecular weight excluding hydrogens is 314 g/mol. The molecule has 1 aliphatic heterocycles. The first-order chi connectivity index (χ1) is 11.1. The molecule has 5 nitrogen and oxygen atoms in total. The maximum absolute atomic E-state index is 12.4. The van der Waals surface area contributed by atoms with Crippen molar-refractivity contribution in [1.82, 2.24) is 5.32 Å². The fraction of sp³-hybridized carbons (Fsp3) is 0.294. The lowest BCUT2D eigenvalue weighted by Gasteiger charge is -2.16. The SMILES string of the molecule is COC(=O)CC(C)NC(=O)c1cc2c(s1)-c1ccccc1OC2. The Balaban J connectivity index is 1.77. The van der Waals surface area contributed by atoms with Crippen LogP contribution >= 0.6 is 11.3 Å². The second-order valence-corrected chi connectivity index (χ2v) is 6.46. The zero-order valence-electron chi connectivity index (χ0n) is 12.9. The molecule has 6 heteroatoms. The number of amides is 1. The number of carbonyl (C=O) groups is 2. The van der Waals surface area contributed by atoms with Crippen LogP contribution in [0.5, 0.6) is 5.75 Å². The van der Waals surface area contributed by atoms with Crippen LogP contribution in [0.1, 0.15) is 28.6 Å². The number of hydrogen-bond donors (Lipinski definition) is 1. The fourth-order valence-electron chi connectivity index (χ4n) is 2.49. The van der Waals surface area contributed by atoms with E-state index in [0.717, 1.165) is 21.8 Å². The van der Waals surface area contributed by atoms with Crippen molar-refractivity contribution >= 4 is 23.2 Å². The Morgan fingerprint density at radius 3 is 2.96 bits per heavy atom. The second kappa shape index (κ2) is 6.42. The number of rotatable bonds is 4. The Kier molecular flexibility index (Phi) is 4.34. The van der Waals surface area contributed by atoms with Gasteiger partial charge in [-0.3, -0.25) is 9.59 Å². The highest BCUT2D eigenvalue weighted by Crippen LogP contribution is 2.42. The Labute approximate surface area is 138 Å². The van der Waals surface area contributed by atoms with Gasteiger partial charge in [0.1, 0.15) is 12.4 Å². The molecule has 23 heavy (non-hydrogen) atoms. The molecule has 120 valence electrons. The van der Waals surface area contributed by atoms with E-state index in [1.54, 1.807) is 6.92 Å². The first-order valence-electron chi connectivity index (χ1n) is 7.31. The Morgan fingerprint density at radius 2 is 2.17 bits per heavy atom. The minimum atomic E-state index is -0.342. The summed E-state index contributed by atoms with van der Waals surface area (Å²) in [5.74, 6) is 0.316. The minimum absolute atomic E-state index is 0.152. The van der Waals surface area contributed by atoms with Crippen LogP contribution in [0.25, 0.3) is 10.4 Å². The first-order valence-corrected chi connectivity index (χ1v) is 8.12. The standard InChI is InChI=1S/C17H17NO4S/c1-10(7-15(19)21-2)18-17(20)14-8-11-9-22-13-6-4-3-5-12(13)16(11)23-14/h3-6,8,10H,7,9H2,1-2H3,(H,18,20). The number of methoxy groups -OCH3 is 1. The van der Waals surface area contributed by atoms with Crippen molar-refractivity contribution in [2.45, 2.75) is 26.0 Å². The highest BCUT2D eigenvalue weighted by atomic mass is 32.1. The average molecular weight is 331 g/mol. The van der Waals surface area contributed by atoms with Gasteiger partial charge in [-0.2, -0.15) is 0 Å². The van der Waals surface area contributed by atoms with Gasteiger partial charge in [-0.15, -0.1) is 11.3 Å². The van der Waals surface area contributed by atoms with E-state index < -0.39 is 0 Å². The zero-order valence-corrected chi connectivity index (χ0v) is 13.7. The number of carbonyl (C=O) groups excluding carboxylic acids is 2. The topological polar surface area (TPSA) is 64.6 Å². The number of esters is 1. The summed E-state index contributed by atoms with van der Waals surface area (Å²) in [6.07, 6.45) is 0.152. The van der Waals surface area contributed by atoms with E-state index in [2.05, 4.69) is 10.1 Å². The Morgan fingerprint density at radius 1 is 1.39 bits per heavy atom. The molecule has 1 aromatic carbocycles. The van der Waals surface area contributed by atoms with Gasteiger partial charge in [-0.1, -0.05) is 12.1 Å². The van der Waals surface area contributed by atoms with Gasteiger partial charge in [0.05, 0.1) is 18.4 Å². The van der Waals surface area contributed by atoms with Crippen molar-refractivity contribution in [1.29, 1.82) is 0 Å². The molecule has 1 N–H and O–H groups in total. The lowest BCUT2D eigenvalue weighted by Crippen LogP contribution is -2.34. The lowest BCUT2D eigenvalue weighted by molar-refractivity contribution is -0.141. The Hall–Kier alpha value is -2.34. The van der Waals surface area contributed by atoms with Crippen LogP contribution in [0.2, 0.25) is 0 Å². The molecule has 0 spiro atoms. The molecule has 1 aliphatic rings. The number of benzene rings is 1. The fourth-order valence-corrected chi connectivity index (χ4v) is 3.59. The van der Waals surface area contributed by atoms with E-state index in [0.29, 0.717) is 11.5 Å². The highest BCUT2D eigenvalue weighted by molar-refractivity contribution is 7.17. The van der Waals surface area contributed by atoms with Crippen LogP contribution in [-0.2, 0) is 16.1 Å². The van der Waals surface area contributed by atoms with Gasteiger partial charge in [0.15, 0.2) is 0 Å². The van der Waals surface area contributed by atoms with Gasteiger partial charge in [0.25, 0.3) is 5.91 Å². The third-order valence-corrected chi connectivity index (χ3v) is 4.84. The van der Waals surface area contributed by atoms with E-state index in [1.165, 1.54) is 18.4 Å². The Bertz CT molecular complexity index is 753. The molecule has 0 fully saturated rings. The van der Waals surface area contributed by atoms with Crippen molar-refractivity contribution < 1.29 is 19.1 Å². The summed E-state index contributed by atoms with van der Waals surface area (Å²) in [6.45, 7) is 2.24. The van der Waals surface area contributed by atoms with E-state index >= 15 is 0 Å². The number of fused-ring (bicyclic) bond motifs is 3. The smallest absolute Gasteiger partial charge is 0.307 e. The maximum Gasteiger partial charge on any atom is 0.307 e. The predicted molar refractivity (Wildman–Crippen MR) is 87.6 cm³/mol. The van der Waals surface area contributed by atoms with Gasteiger partial charge in [0.2, 0.25) is 0 Å². The molecule has 0 saturated carbocycles. The molecule has 0 saturated heterocycles. The minimum Gasteiger partial charge on any atom is -0.488 e.